The number of hydrogen-bond acceptors (Lipinski definition) is 3. The Bertz CT molecular complexity index is 428. The van der Waals surface area contributed by atoms with Crippen LogP contribution in [0.3, 0.4) is 0 Å². The SMILES string of the molecule is CC(C)Oc1cc(OC2CC2)c(C(F)(F)F)cn1. The first kappa shape index (κ1) is 13.0. The summed E-state index contributed by atoms with van der Waals surface area (Å²) < 4.78 is 48.8. The second-order valence-electron chi connectivity index (χ2n) is 4.50. The number of pyridine rings is 1. The Morgan fingerprint density at radius 1 is 1.33 bits per heavy atom. The molecule has 18 heavy (non-hydrogen) atoms. The van der Waals surface area contributed by atoms with Crippen molar-refractivity contribution in [1.82, 2.24) is 4.98 Å². The van der Waals surface area contributed by atoms with Gasteiger partial charge in [0, 0.05) is 12.3 Å². The fraction of sp³-hybridized carbons (Fsp3) is 0.583. The van der Waals surface area contributed by atoms with Crippen LogP contribution in [0.15, 0.2) is 12.3 Å². The Hall–Kier alpha value is -1.46. The molecule has 1 heterocycles. The molecule has 1 saturated carbocycles. The van der Waals surface area contributed by atoms with E-state index in [1.54, 1.807) is 13.8 Å². The van der Waals surface area contributed by atoms with E-state index in [1.165, 1.54) is 6.07 Å². The summed E-state index contributed by atoms with van der Waals surface area (Å²) in [5.41, 5.74) is -0.856. The van der Waals surface area contributed by atoms with Crippen molar-refractivity contribution in [3.05, 3.63) is 17.8 Å². The Kier molecular flexibility index (Phi) is 3.36. The maximum Gasteiger partial charge on any atom is 0.421 e. The number of halogens is 3. The Morgan fingerprint density at radius 2 is 2.00 bits per heavy atom. The third kappa shape index (κ3) is 3.27. The molecule has 1 aromatic rings. The minimum absolute atomic E-state index is 0.111. The molecule has 1 fully saturated rings. The summed E-state index contributed by atoms with van der Waals surface area (Å²) >= 11 is 0. The highest BCUT2D eigenvalue weighted by atomic mass is 19.4. The highest BCUT2D eigenvalue weighted by Gasteiger charge is 2.37. The lowest BCUT2D eigenvalue weighted by Crippen LogP contribution is -2.12. The molecular weight excluding hydrogens is 247 g/mol. The summed E-state index contributed by atoms with van der Waals surface area (Å²) in [4.78, 5) is 3.65. The van der Waals surface area contributed by atoms with E-state index >= 15 is 0 Å². The molecule has 0 bridgehead atoms. The minimum atomic E-state index is -4.46. The van der Waals surface area contributed by atoms with E-state index < -0.39 is 11.7 Å². The maximum atomic E-state index is 12.8. The van der Waals surface area contributed by atoms with Crippen LogP contribution >= 0.6 is 0 Å². The van der Waals surface area contributed by atoms with Crippen LogP contribution in [0.2, 0.25) is 0 Å². The molecule has 2 rings (SSSR count). The first-order valence-corrected chi connectivity index (χ1v) is 5.77. The molecule has 0 N–H and O–H groups in total. The minimum Gasteiger partial charge on any atom is -0.490 e. The third-order valence-electron chi connectivity index (χ3n) is 2.32. The Morgan fingerprint density at radius 3 is 2.50 bits per heavy atom. The van der Waals surface area contributed by atoms with Crippen LogP contribution in [-0.2, 0) is 6.18 Å². The van der Waals surface area contributed by atoms with E-state index in [2.05, 4.69) is 4.98 Å². The first-order valence-electron chi connectivity index (χ1n) is 5.77. The van der Waals surface area contributed by atoms with Gasteiger partial charge in [0.15, 0.2) is 0 Å². The van der Waals surface area contributed by atoms with Gasteiger partial charge in [-0.2, -0.15) is 13.2 Å². The van der Waals surface area contributed by atoms with Crippen LogP contribution in [0.4, 0.5) is 13.2 Å². The summed E-state index contributed by atoms with van der Waals surface area (Å²) in [7, 11) is 0. The Labute approximate surface area is 103 Å². The van der Waals surface area contributed by atoms with Crippen molar-refractivity contribution in [2.45, 2.75) is 45.1 Å². The molecular formula is C12H14F3NO2. The maximum absolute atomic E-state index is 12.8. The van der Waals surface area contributed by atoms with Gasteiger partial charge in [0.25, 0.3) is 0 Å². The molecule has 0 atom stereocenters. The van der Waals surface area contributed by atoms with Gasteiger partial charge in [-0.05, 0) is 26.7 Å². The zero-order valence-electron chi connectivity index (χ0n) is 10.1. The Balaban J connectivity index is 2.28. The molecule has 0 aromatic carbocycles. The van der Waals surface area contributed by atoms with E-state index in [0.29, 0.717) is 0 Å². The molecule has 0 spiro atoms. The normalized spacial score (nSPS) is 15.9. The standard InChI is InChI=1S/C12H14F3NO2/c1-7(2)17-11-5-10(18-8-3-4-8)9(6-16-11)12(13,14)15/h5-8H,3-4H2,1-2H3. The number of hydrogen-bond donors (Lipinski definition) is 0. The number of nitrogens with zero attached hydrogens (tertiary/aromatic N) is 1. The molecule has 0 radical (unpaired) electrons. The molecule has 0 amide bonds. The van der Waals surface area contributed by atoms with Gasteiger partial charge in [-0.3, -0.25) is 0 Å². The first-order chi connectivity index (χ1) is 8.36. The predicted molar refractivity (Wildman–Crippen MR) is 58.7 cm³/mol. The van der Waals surface area contributed by atoms with E-state index in [-0.39, 0.29) is 23.8 Å². The summed E-state index contributed by atoms with van der Waals surface area (Å²) in [5.74, 6) is -0.0516. The van der Waals surface area contributed by atoms with Gasteiger partial charge in [0.1, 0.15) is 11.3 Å². The zero-order valence-corrected chi connectivity index (χ0v) is 10.1. The van der Waals surface area contributed by atoms with Crippen LogP contribution in [0.1, 0.15) is 32.3 Å². The zero-order chi connectivity index (χ0) is 13.3. The van der Waals surface area contributed by atoms with E-state index in [9.17, 15) is 13.2 Å². The number of ether oxygens (including phenoxy) is 2. The van der Waals surface area contributed by atoms with Crippen LogP contribution in [0, 0.1) is 0 Å². The molecule has 100 valence electrons. The molecule has 3 nitrogen and oxygen atoms in total. The van der Waals surface area contributed by atoms with Gasteiger partial charge >= 0.3 is 6.18 Å². The highest BCUT2D eigenvalue weighted by molar-refractivity contribution is 5.38. The average Bonchev–Trinajstić information content (AvgIpc) is 2.98. The van der Waals surface area contributed by atoms with Gasteiger partial charge in [-0.15, -0.1) is 0 Å². The lowest BCUT2D eigenvalue weighted by Gasteiger charge is -2.15. The van der Waals surface area contributed by atoms with Crippen LogP contribution in [0.25, 0.3) is 0 Å². The number of aromatic nitrogens is 1. The van der Waals surface area contributed by atoms with Gasteiger partial charge < -0.3 is 9.47 Å². The fourth-order valence-corrected chi connectivity index (χ4v) is 1.40. The van der Waals surface area contributed by atoms with Crippen molar-refractivity contribution >= 4 is 0 Å². The largest absolute Gasteiger partial charge is 0.490 e. The monoisotopic (exact) mass is 261 g/mol. The summed E-state index contributed by atoms with van der Waals surface area (Å²) in [6, 6.07) is 1.21. The van der Waals surface area contributed by atoms with Crippen LogP contribution in [0.5, 0.6) is 11.6 Å². The number of rotatable bonds is 4. The second-order valence-corrected chi connectivity index (χ2v) is 4.50. The molecule has 0 saturated heterocycles. The molecule has 6 heteroatoms. The third-order valence-corrected chi connectivity index (χ3v) is 2.32. The van der Waals surface area contributed by atoms with Gasteiger partial charge in [-0.1, -0.05) is 0 Å². The van der Waals surface area contributed by atoms with Crippen molar-refractivity contribution in [1.29, 1.82) is 0 Å². The molecule has 1 aromatic heterocycles. The summed E-state index contributed by atoms with van der Waals surface area (Å²) in [6.45, 7) is 3.56. The van der Waals surface area contributed by atoms with E-state index in [1.807, 2.05) is 0 Å². The molecule has 1 aliphatic carbocycles. The number of alkyl halides is 3. The topological polar surface area (TPSA) is 31.4 Å². The van der Waals surface area contributed by atoms with Crippen molar-refractivity contribution in [2.75, 3.05) is 0 Å². The van der Waals surface area contributed by atoms with Crippen molar-refractivity contribution in [3.8, 4) is 11.6 Å². The average molecular weight is 261 g/mol. The molecule has 0 unspecified atom stereocenters. The predicted octanol–water partition coefficient (Wildman–Crippen LogP) is 3.43. The van der Waals surface area contributed by atoms with Gasteiger partial charge in [0.2, 0.25) is 5.88 Å². The van der Waals surface area contributed by atoms with Crippen molar-refractivity contribution in [3.63, 3.8) is 0 Å². The summed E-state index contributed by atoms with van der Waals surface area (Å²) in [6.07, 6.45) is -2.38. The summed E-state index contributed by atoms with van der Waals surface area (Å²) in [5, 5.41) is 0. The highest BCUT2D eigenvalue weighted by Crippen LogP contribution is 2.39. The lowest BCUT2D eigenvalue weighted by molar-refractivity contribution is -0.139. The van der Waals surface area contributed by atoms with Crippen molar-refractivity contribution < 1.29 is 22.6 Å². The second kappa shape index (κ2) is 4.66. The van der Waals surface area contributed by atoms with Crippen LogP contribution < -0.4 is 9.47 Å². The van der Waals surface area contributed by atoms with E-state index in [0.717, 1.165) is 19.0 Å². The van der Waals surface area contributed by atoms with Crippen molar-refractivity contribution in [2.24, 2.45) is 0 Å². The smallest absolute Gasteiger partial charge is 0.421 e. The quantitative estimate of drug-likeness (QED) is 0.832. The molecule has 1 aliphatic rings. The van der Waals surface area contributed by atoms with Gasteiger partial charge in [0.05, 0.1) is 12.2 Å². The lowest BCUT2D eigenvalue weighted by atomic mass is 10.2. The van der Waals surface area contributed by atoms with Gasteiger partial charge in [-0.25, -0.2) is 4.98 Å². The fourth-order valence-electron chi connectivity index (χ4n) is 1.40. The molecule has 0 aliphatic heterocycles. The van der Waals surface area contributed by atoms with E-state index in [4.69, 9.17) is 9.47 Å². The van der Waals surface area contributed by atoms with Crippen LogP contribution in [-0.4, -0.2) is 17.2 Å².